The first-order chi connectivity index (χ1) is 14.8. The Morgan fingerprint density at radius 3 is 1.23 bits per heavy atom. The van der Waals surface area contributed by atoms with Gasteiger partial charge in [0.05, 0.1) is 14.2 Å². The van der Waals surface area contributed by atoms with E-state index in [0.29, 0.717) is 0 Å². The van der Waals surface area contributed by atoms with Crippen LogP contribution in [0.2, 0.25) is 0 Å². The minimum absolute atomic E-state index is 0.845. The summed E-state index contributed by atoms with van der Waals surface area (Å²) in [7, 11) is 3.44. The molecule has 30 heavy (non-hydrogen) atoms. The van der Waals surface area contributed by atoms with Gasteiger partial charge in [0.25, 0.3) is 0 Å². The molecule has 0 fully saturated rings. The molecule has 0 amide bonds. The van der Waals surface area contributed by atoms with Gasteiger partial charge in [-0.05, 0) is 70.8 Å². The number of benzene rings is 3. The van der Waals surface area contributed by atoms with Gasteiger partial charge in [0.15, 0.2) is 0 Å². The van der Waals surface area contributed by atoms with E-state index in [9.17, 15) is 0 Å². The topological polar surface area (TPSA) is 44.2 Å². The summed E-state index contributed by atoms with van der Waals surface area (Å²) in [5.41, 5.74) is 4.44. The van der Waals surface area contributed by atoms with Crippen LogP contribution in [0, 0.1) is 0 Å². The molecule has 0 radical (unpaired) electrons. The van der Waals surface area contributed by atoms with Crippen molar-refractivity contribution in [2.45, 2.75) is 0 Å². The molecule has 0 saturated carbocycles. The quantitative estimate of drug-likeness (QED) is 0.345. The van der Waals surface area contributed by atoms with Gasteiger partial charge in [-0.2, -0.15) is 0 Å². The maximum absolute atomic E-state index is 5.90. The van der Waals surface area contributed by atoms with E-state index < -0.39 is 0 Å². The van der Waals surface area contributed by atoms with Crippen molar-refractivity contribution in [3.63, 3.8) is 0 Å². The molecule has 0 bridgehead atoms. The molecule has 0 spiro atoms. The fourth-order valence-corrected chi connectivity index (χ4v) is 4.04. The van der Waals surface area contributed by atoms with Crippen molar-refractivity contribution in [1.29, 1.82) is 0 Å². The molecule has 0 atom stereocenters. The van der Waals surface area contributed by atoms with Crippen molar-refractivity contribution < 1.29 is 9.47 Å². The van der Waals surface area contributed by atoms with Gasteiger partial charge in [-0.1, -0.05) is 12.1 Å². The van der Waals surface area contributed by atoms with E-state index in [4.69, 9.17) is 9.47 Å². The van der Waals surface area contributed by atoms with E-state index in [1.807, 2.05) is 24.3 Å². The molecule has 0 aliphatic heterocycles. The Balaban J connectivity index is 1.81. The van der Waals surface area contributed by atoms with Crippen molar-refractivity contribution in [3.05, 3.63) is 85.5 Å². The molecule has 2 heterocycles. The minimum Gasteiger partial charge on any atom is -0.495 e. The summed E-state index contributed by atoms with van der Waals surface area (Å²) in [6.45, 7) is 0. The summed E-state index contributed by atoms with van der Waals surface area (Å²) in [6.07, 6.45) is 7.22. The average Bonchev–Trinajstić information content (AvgIpc) is 2.83. The highest BCUT2D eigenvalue weighted by molar-refractivity contribution is 6.12. The number of ether oxygens (including phenoxy) is 2. The fraction of sp³-hybridized carbons (Fsp3) is 0.0769. The summed E-state index contributed by atoms with van der Waals surface area (Å²) in [6, 6.07) is 20.8. The van der Waals surface area contributed by atoms with Crippen molar-refractivity contribution in [1.82, 2.24) is 9.97 Å². The number of aromatic nitrogens is 2. The molecule has 0 aliphatic carbocycles. The zero-order valence-electron chi connectivity index (χ0n) is 16.8. The Kier molecular flexibility index (Phi) is 4.52. The number of hydrogen-bond donors (Lipinski definition) is 0. The van der Waals surface area contributed by atoms with Crippen LogP contribution in [0.3, 0.4) is 0 Å². The number of hydrogen-bond acceptors (Lipinski definition) is 4. The number of pyridine rings is 2. The number of nitrogens with zero attached hydrogens (tertiary/aromatic N) is 2. The number of rotatable bonds is 4. The van der Waals surface area contributed by atoms with E-state index in [1.54, 1.807) is 39.0 Å². The Hall–Kier alpha value is -3.92. The molecule has 5 aromatic rings. The minimum atomic E-state index is 0.845. The van der Waals surface area contributed by atoms with Gasteiger partial charge in [0.1, 0.15) is 11.5 Å². The summed E-state index contributed by atoms with van der Waals surface area (Å²) in [5.74, 6) is 1.69. The maximum Gasteiger partial charge on any atom is 0.134 e. The average molecular weight is 392 g/mol. The van der Waals surface area contributed by atoms with Crippen molar-refractivity contribution in [3.8, 4) is 33.8 Å². The van der Waals surface area contributed by atoms with E-state index in [0.717, 1.165) is 55.3 Å². The molecule has 0 saturated heterocycles. The molecule has 5 rings (SSSR count). The molecule has 0 unspecified atom stereocenters. The van der Waals surface area contributed by atoms with Crippen LogP contribution in [0.1, 0.15) is 0 Å². The second-order valence-corrected chi connectivity index (χ2v) is 7.06. The lowest BCUT2D eigenvalue weighted by molar-refractivity contribution is 0.417. The van der Waals surface area contributed by atoms with E-state index in [-0.39, 0.29) is 0 Å². The predicted molar refractivity (Wildman–Crippen MR) is 121 cm³/mol. The molecule has 0 N–H and O–H groups in total. The Morgan fingerprint density at radius 1 is 0.467 bits per heavy atom. The van der Waals surface area contributed by atoms with E-state index >= 15 is 0 Å². The molecule has 4 nitrogen and oxygen atoms in total. The summed E-state index contributed by atoms with van der Waals surface area (Å²) >= 11 is 0. The van der Waals surface area contributed by atoms with E-state index in [2.05, 4.69) is 46.4 Å². The Morgan fingerprint density at radius 2 is 0.867 bits per heavy atom. The van der Waals surface area contributed by atoms with Gasteiger partial charge in [0, 0.05) is 46.3 Å². The van der Waals surface area contributed by atoms with Crippen molar-refractivity contribution in [2.75, 3.05) is 14.2 Å². The van der Waals surface area contributed by atoms with Crippen LogP contribution >= 0.6 is 0 Å². The highest BCUT2D eigenvalue weighted by atomic mass is 16.5. The van der Waals surface area contributed by atoms with Crippen LogP contribution in [0.25, 0.3) is 43.8 Å². The van der Waals surface area contributed by atoms with Gasteiger partial charge in [-0.25, -0.2) is 0 Å². The third-order valence-corrected chi connectivity index (χ3v) is 5.45. The Bertz CT molecular complexity index is 1240. The van der Waals surface area contributed by atoms with Gasteiger partial charge in [0.2, 0.25) is 0 Å². The first-order valence-corrected chi connectivity index (χ1v) is 9.72. The standard InChI is InChI=1S/C26H20N2O2/c1-29-25-21-5-3-20(18-9-13-28-14-10-18)16-24(21)26(30-2)22-6-4-19(15-23(22)25)17-7-11-27-12-8-17/h3-16H,1-2H3. The first-order valence-electron chi connectivity index (χ1n) is 9.72. The van der Waals surface area contributed by atoms with Crippen LogP contribution in [-0.4, -0.2) is 24.2 Å². The Labute approximate surface area is 174 Å². The zero-order valence-corrected chi connectivity index (χ0v) is 16.8. The maximum atomic E-state index is 5.90. The van der Waals surface area contributed by atoms with Crippen LogP contribution in [0.5, 0.6) is 11.5 Å². The van der Waals surface area contributed by atoms with Gasteiger partial charge in [-0.3, -0.25) is 9.97 Å². The smallest absolute Gasteiger partial charge is 0.134 e. The lowest BCUT2D eigenvalue weighted by Gasteiger charge is -2.17. The fourth-order valence-electron chi connectivity index (χ4n) is 4.04. The van der Waals surface area contributed by atoms with Gasteiger partial charge >= 0.3 is 0 Å². The zero-order chi connectivity index (χ0) is 20.5. The predicted octanol–water partition coefficient (Wildman–Crippen LogP) is 6.13. The van der Waals surface area contributed by atoms with Crippen molar-refractivity contribution in [2.24, 2.45) is 0 Å². The van der Waals surface area contributed by atoms with Gasteiger partial charge in [-0.15, -0.1) is 0 Å². The monoisotopic (exact) mass is 392 g/mol. The second-order valence-electron chi connectivity index (χ2n) is 7.06. The van der Waals surface area contributed by atoms with Crippen LogP contribution in [0.4, 0.5) is 0 Å². The molecule has 3 aromatic carbocycles. The van der Waals surface area contributed by atoms with Gasteiger partial charge < -0.3 is 9.47 Å². The molecular weight excluding hydrogens is 372 g/mol. The molecular formula is C26H20N2O2. The summed E-state index contributed by atoms with van der Waals surface area (Å²) in [4.78, 5) is 8.24. The van der Waals surface area contributed by atoms with Crippen LogP contribution in [-0.2, 0) is 0 Å². The van der Waals surface area contributed by atoms with Crippen molar-refractivity contribution >= 4 is 21.5 Å². The van der Waals surface area contributed by atoms with Crippen LogP contribution < -0.4 is 9.47 Å². The number of methoxy groups -OCH3 is 2. The van der Waals surface area contributed by atoms with E-state index in [1.165, 1.54) is 0 Å². The number of fused-ring (bicyclic) bond motifs is 2. The summed E-state index contributed by atoms with van der Waals surface area (Å²) < 4.78 is 11.8. The first kappa shape index (κ1) is 18.1. The third kappa shape index (κ3) is 2.94. The molecule has 2 aromatic heterocycles. The lowest BCUT2D eigenvalue weighted by atomic mass is 9.94. The summed E-state index contributed by atoms with van der Waals surface area (Å²) in [5, 5.41) is 4.08. The molecule has 4 heteroatoms. The normalized spacial score (nSPS) is 11.0. The SMILES string of the molecule is COc1c2ccc(-c3ccncc3)cc2c(OC)c2ccc(-c3ccncc3)cc12. The third-order valence-electron chi connectivity index (χ3n) is 5.45. The second kappa shape index (κ2) is 7.48. The molecule has 146 valence electrons. The largest absolute Gasteiger partial charge is 0.495 e. The lowest BCUT2D eigenvalue weighted by Crippen LogP contribution is -1.94. The van der Waals surface area contributed by atoms with Crippen LogP contribution in [0.15, 0.2) is 85.5 Å². The highest BCUT2D eigenvalue weighted by Crippen LogP contribution is 2.44. The highest BCUT2D eigenvalue weighted by Gasteiger charge is 2.17. The molecule has 0 aliphatic rings.